The summed E-state index contributed by atoms with van der Waals surface area (Å²) in [6, 6.07) is 10.4. The molecule has 3 aliphatic rings. The fraction of sp³-hybridized carbons (Fsp3) is 0.387. The number of anilines is 1. The molecule has 0 radical (unpaired) electrons. The highest BCUT2D eigenvalue weighted by Gasteiger charge is 2.43. The zero-order chi connectivity index (χ0) is 28.4. The van der Waals surface area contributed by atoms with Crippen molar-refractivity contribution in [2.45, 2.75) is 58.3 Å². The molecule has 0 atom stereocenters. The Labute approximate surface area is 244 Å². The van der Waals surface area contributed by atoms with Gasteiger partial charge in [-0.2, -0.15) is 0 Å². The number of ether oxygens (including phenoxy) is 2. The van der Waals surface area contributed by atoms with Crippen LogP contribution in [0.4, 0.5) is 5.69 Å². The van der Waals surface area contributed by atoms with Gasteiger partial charge in [-0.25, -0.2) is 0 Å². The molecule has 5 rings (SSSR count). The maximum absolute atomic E-state index is 13.4. The highest BCUT2D eigenvalue weighted by atomic mass is 35.5. The van der Waals surface area contributed by atoms with Crippen molar-refractivity contribution in [3.8, 4) is 11.5 Å². The molecule has 0 aromatic heterocycles. The number of allylic oxidation sites excluding steroid dienone is 4. The first kappa shape index (κ1) is 28.2. The quantitative estimate of drug-likeness (QED) is 0.366. The Bertz CT molecular complexity index is 1390. The molecule has 2 aliphatic carbocycles. The number of hydrogen-bond donors (Lipinski definition) is 1. The van der Waals surface area contributed by atoms with E-state index in [9.17, 15) is 14.4 Å². The second kappa shape index (κ2) is 12.1. The van der Waals surface area contributed by atoms with Gasteiger partial charge >= 0.3 is 0 Å². The van der Waals surface area contributed by atoms with E-state index in [0.29, 0.717) is 59.2 Å². The third-order valence-electron chi connectivity index (χ3n) is 7.56. The second-order valence-electron chi connectivity index (χ2n) is 10.0. The maximum Gasteiger partial charge on any atom is 0.262 e. The van der Waals surface area contributed by atoms with Crippen molar-refractivity contribution < 1.29 is 23.9 Å². The molecule has 2 aromatic carbocycles. The zero-order valence-corrected chi connectivity index (χ0v) is 24.2. The van der Waals surface area contributed by atoms with Gasteiger partial charge in [0, 0.05) is 47.8 Å². The smallest absolute Gasteiger partial charge is 0.262 e. The Morgan fingerprint density at radius 1 is 0.925 bits per heavy atom. The molecule has 1 N–H and O–H groups in total. The van der Waals surface area contributed by atoms with Crippen LogP contribution in [0.2, 0.25) is 10.0 Å². The summed E-state index contributed by atoms with van der Waals surface area (Å²) in [6.45, 7) is 4.62. The van der Waals surface area contributed by atoms with E-state index in [-0.39, 0.29) is 28.9 Å². The van der Waals surface area contributed by atoms with E-state index < -0.39 is 11.8 Å². The summed E-state index contributed by atoms with van der Waals surface area (Å²) in [5.74, 6) is -0.207. The molecule has 0 saturated carbocycles. The number of nitrogens with zero attached hydrogens (tertiary/aromatic N) is 1. The number of hydrogen-bond acceptors (Lipinski definition) is 6. The summed E-state index contributed by atoms with van der Waals surface area (Å²) in [5.41, 5.74) is 4.60. The largest absolute Gasteiger partial charge is 0.490 e. The fourth-order valence-electron chi connectivity index (χ4n) is 5.98. The van der Waals surface area contributed by atoms with Gasteiger partial charge in [-0.05, 0) is 69.4 Å². The van der Waals surface area contributed by atoms with Crippen LogP contribution in [0.15, 0.2) is 58.9 Å². The van der Waals surface area contributed by atoms with Crippen molar-refractivity contribution in [3.05, 3.63) is 74.5 Å². The van der Waals surface area contributed by atoms with Gasteiger partial charge in [0.1, 0.15) is 0 Å². The van der Waals surface area contributed by atoms with Crippen molar-refractivity contribution in [2.75, 3.05) is 25.1 Å². The minimum atomic E-state index is -0.511. The molecule has 1 amide bonds. The lowest BCUT2D eigenvalue weighted by Crippen LogP contribution is -2.39. The molecule has 1 heterocycles. The SMILES string of the molecule is CCOc1cc(C2C3=C(CCCC3=O)N(CC)C3=C2C(=O)CCC3)cc(Cl)c1OCC(=O)Nc1ccccc1Cl. The zero-order valence-electron chi connectivity index (χ0n) is 22.6. The molecule has 0 saturated heterocycles. The van der Waals surface area contributed by atoms with Crippen molar-refractivity contribution in [2.24, 2.45) is 0 Å². The van der Waals surface area contributed by atoms with Crippen molar-refractivity contribution in [1.29, 1.82) is 0 Å². The number of amides is 1. The lowest BCUT2D eigenvalue weighted by molar-refractivity contribution is -0.118. The van der Waals surface area contributed by atoms with Crippen LogP contribution in [0, 0.1) is 0 Å². The molecule has 0 bridgehead atoms. The maximum atomic E-state index is 13.4. The second-order valence-corrected chi connectivity index (χ2v) is 10.8. The van der Waals surface area contributed by atoms with Gasteiger partial charge in [-0.15, -0.1) is 0 Å². The van der Waals surface area contributed by atoms with Gasteiger partial charge in [0.2, 0.25) is 0 Å². The van der Waals surface area contributed by atoms with Gasteiger partial charge in [0.15, 0.2) is 29.7 Å². The molecule has 1 aliphatic heterocycles. The number of Topliss-reactive ketones (excluding diaryl/α,β-unsaturated/α-hetero) is 2. The molecular weight excluding hydrogens is 551 g/mol. The minimum Gasteiger partial charge on any atom is -0.490 e. The molecule has 40 heavy (non-hydrogen) atoms. The summed E-state index contributed by atoms with van der Waals surface area (Å²) < 4.78 is 11.8. The lowest BCUT2D eigenvalue weighted by atomic mass is 9.71. The molecule has 9 heteroatoms. The van der Waals surface area contributed by atoms with E-state index >= 15 is 0 Å². The topological polar surface area (TPSA) is 84.9 Å². The molecule has 2 aromatic rings. The summed E-state index contributed by atoms with van der Waals surface area (Å²) in [5, 5.41) is 3.38. The van der Waals surface area contributed by atoms with Gasteiger partial charge in [-0.1, -0.05) is 35.3 Å². The van der Waals surface area contributed by atoms with Crippen LogP contribution in [-0.4, -0.2) is 42.1 Å². The molecule has 7 nitrogen and oxygen atoms in total. The minimum absolute atomic E-state index is 0.0697. The standard InChI is InChI=1S/C31H32Cl2N2O5/c1-3-35-22-11-7-13-24(36)29(22)28(30-23(35)12-8-14-25(30)37)18-15-20(33)31(26(16-18)39-4-2)40-17-27(38)34-21-10-6-5-9-19(21)32/h5-6,9-10,15-16,28H,3-4,7-8,11-14,17H2,1-2H3,(H,34,38). The van der Waals surface area contributed by atoms with Gasteiger partial charge < -0.3 is 19.7 Å². The third-order valence-corrected chi connectivity index (χ3v) is 8.17. The van der Waals surface area contributed by atoms with E-state index in [1.54, 1.807) is 36.4 Å². The number of halogens is 2. The van der Waals surface area contributed by atoms with Crippen LogP contribution in [0.25, 0.3) is 0 Å². The van der Waals surface area contributed by atoms with E-state index in [1.165, 1.54) is 0 Å². The Morgan fingerprint density at radius 2 is 1.57 bits per heavy atom. The van der Waals surface area contributed by atoms with Crippen LogP contribution in [0.3, 0.4) is 0 Å². The monoisotopic (exact) mass is 582 g/mol. The number of carbonyl (C=O) groups is 3. The Morgan fingerprint density at radius 3 is 2.17 bits per heavy atom. The van der Waals surface area contributed by atoms with Crippen LogP contribution in [0.1, 0.15) is 63.9 Å². The first-order chi connectivity index (χ1) is 19.3. The molecule has 0 unspecified atom stereocenters. The number of rotatable bonds is 8. The van der Waals surface area contributed by atoms with Crippen molar-refractivity contribution in [3.63, 3.8) is 0 Å². The van der Waals surface area contributed by atoms with Crippen LogP contribution >= 0.6 is 23.2 Å². The number of para-hydroxylation sites is 1. The Kier molecular flexibility index (Phi) is 8.52. The highest BCUT2D eigenvalue weighted by Crippen LogP contribution is 2.51. The predicted molar refractivity (Wildman–Crippen MR) is 155 cm³/mol. The van der Waals surface area contributed by atoms with Crippen LogP contribution < -0.4 is 14.8 Å². The molecule has 0 spiro atoms. The summed E-state index contributed by atoms with van der Waals surface area (Å²) >= 11 is 12.9. The van der Waals surface area contributed by atoms with E-state index in [1.807, 2.05) is 6.92 Å². The lowest BCUT2D eigenvalue weighted by Gasteiger charge is -2.43. The summed E-state index contributed by atoms with van der Waals surface area (Å²) in [6.07, 6.45) is 4.10. The molecule has 0 fully saturated rings. The highest BCUT2D eigenvalue weighted by molar-refractivity contribution is 6.33. The summed E-state index contributed by atoms with van der Waals surface area (Å²) in [4.78, 5) is 41.6. The third kappa shape index (κ3) is 5.37. The normalized spacial score (nSPS) is 17.6. The average molecular weight is 584 g/mol. The summed E-state index contributed by atoms with van der Waals surface area (Å²) in [7, 11) is 0. The number of carbonyl (C=O) groups excluding carboxylic acids is 3. The molecular formula is C31H32Cl2N2O5. The van der Waals surface area contributed by atoms with Crippen molar-refractivity contribution in [1.82, 2.24) is 4.90 Å². The number of benzene rings is 2. The van der Waals surface area contributed by atoms with Gasteiger partial charge in [0.05, 0.1) is 22.3 Å². The van der Waals surface area contributed by atoms with Crippen LogP contribution in [0.5, 0.6) is 11.5 Å². The van der Waals surface area contributed by atoms with Crippen molar-refractivity contribution >= 4 is 46.4 Å². The molecule has 210 valence electrons. The number of ketones is 2. The number of nitrogens with one attached hydrogen (secondary N) is 1. The predicted octanol–water partition coefficient (Wildman–Crippen LogP) is 6.84. The van der Waals surface area contributed by atoms with E-state index in [4.69, 9.17) is 32.7 Å². The Balaban J connectivity index is 1.52. The van der Waals surface area contributed by atoms with Gasteiger partial charge in [0.25, 0.3) is 5.91 Å². The fourth-order valence-corrected chi connectivity index (χ4v) is 6.43. The van der Waals surface area contributed by atoms with Gasteiger partial charge in [-0.3, -0.25) is 14.4 Å². The van der Waals surface area contributed by atoms with E-state index in [0.717, 1.165) is 37.1 Å². The average Bonchev–Trinajstić information content (AvgIpc) is 2.93. The Hall–Kier alpha value is -3.29. The van der Waals surface area contributed by atoms with E-state index in [2.05, 4.69) is 17.1 Å². The first-order valence-corrected chi connectivity index (χ1v) is 14.5. The first-order valence-electron chi connectivity index (χ1n) is 13.8. The van der Waals surface area contributed by atoms with Crippen LogP contribution in [-0.2, 0) is 14.4 Å².